The number of hydrogen-bond acceptors (Lipinski definition) is 1. The standard InChI is InChI=1S/C17H34BrN/c1-4-11-17(14-18,12-5-2)15-19(3)13-16-9-7-6-8-10-16/h16H,4-15H2,1-3H3. The van der Waals surface area contributed by atoms with Gasteiger partial charge in [-0.25, -0.2) is 0 Å². The fourth-order valence-corrected chi connectivity index (χ4v) is 4.71. The molecule has 114 valence electrons. The topological polar surface area (TPSA) is 3.24 Å². The molecule has 0 amide bonds. The molecule has 0 aromatic carbocycles. The van der Waals surface area contributed by atoms with Crippen LogP contribution in [0.1, 0.15) is 71.6 Å². The Morgan fingerprint density at radius 1 is 1.05 bits per heavy atom. The van der Waals surface area contributed by atoms with Gasteiger partial charge in [0.2, 0.25) is 0 Å². The lowest BCUT2D eigenvalue weighted by atomic mass is 9.80. The van der Waals surface area contributed by atoms with Gasteiger partial charge in [0.05, 0.1) is 0 Å². The lowest BCUT2D eigenvalue weighted by molar-refractivity contribution is 0.144. The Balaban J connectivity index is 2.46. The highest BCUT2D eigenvalue weighted by Gasteiger charge is 2.29. The molecule has 1 rings (SSSR count). The first-order chi connectivity index (χ1) is 9.15. The maximum absolute atomic E-state index is 3.80. The molecule has 0 unspecified atom stereocenters. The van der Waals surface area contributed by atoms with Gasteiger partial charge < -0.3 is 4.90 Å². The van der Waals surface area contributed by atoms with Gasteiger partial charge in [-0.2, -0.15) is 0 Å². The summed E-state index contributed by atoms with van der Waals surface area (Å²) in [6, 6.07) is 0. The van der Waals surface area contributed by atoms with Crippen molar-refractivity contribution < 1.29 is 0 Å². The summed E-state index contributed by atoms with van der Waals surface area (Å²) in [5, 5.41) is 1.16. The van der Waals surface area contributed by atoms with Gasteiger partial charge in [0.1, 0.15) is 0 Å². The summed E-state index contributed by atoms with van der Waals surface area (Å²) < 4.78 is 0. The average Bonchev–Trinajstić information content (AvgIpc) is 2.40. The quantitative estimate of drug-likeness (QED) is 0.505. The minimum atomic E-state index is 0.507. The lowest BCUT2D eigenvalue weighted by Gasteiger charge is -2.37. The minimum absolute atomic E-state index is 0.507. The van der Waals surface area contributed by atoms with Crippen molar-refractivity contribution in [2.75, 3.05) is 25.5 Å². The number of halogens is 1. The Bertz CT molecular complexity index is 217. The van der Waals surface area contributed by atoms with E-state index in [2.05, 4.69) is 41.7 Å². The molecule has 1 saturated carbocycles. The Morgan fingerprint density at radius 2 is 1.63 bits per heavy atom. The third-order valence-electron chi connectivity index (χ3n) is 4.74. The van der Waals surface area contributed by atoms with E-state index in [1.54, 1.807) is 0 Å². The first kappa shape index (κ1) is 17.5. The molecular weight excluding hydrogens is 298 g/mol. The minimum Gasteiger partial charge on any atom is -0.306 e. The van der Waals surface area contributed by atoms with Crippen LogP contribution in [0.15, 0.2) is 0 Å². The Labute approximate surface area is 129 Å². The zero-order valence-electron chi connectivity index (χ0n) is 13.4. The summed E-state index contributed by atoms with van der Waals surface area (Å²) in [4.78, 5) is 2.63. The van der Waals surface area contributed by atoms with Crippen LogP contribution in [0, 0.1) is 11.3 Å². The number of nitrogens with zero attached hydrogens (tertiary/aromatic N) is 1. The monoisotopic (exact) mass is 331 g/mol. The van der Waals surface area contributed by atoms with Gasteiger partial charge in [-0.05, 0) is 44.1 Å². The number of rotatable bonds is 9. The van der Waals surface area contributed by atoms with Crippen molar-refractivity contribution in [2.24, 2.45) is 11.3 Å². The molecule has 0 aromatic rings. The first-order valence-corrected chi connectivity index (χ1v) is 9.52. The number of alkyl halides is 1. The summed E-state index contributed by atoms with van der Waals surface area (Å²) in [5.74, 6) is 0.968. The molecule has 0 atom stereocenters. The van der Waals surface area contributed by atoms with E-state index in [9.17, 15) is 0 Å². The van der Waals surface area contributed by atoms with E-state index in [0.717, 1.165) is 11.2 Å². The molecule has 1 fully saturated rings. The highest BCUT2D eigenvalue weighted by Crippen LogP contribution is 2.33. The van der Waals surface area contributed by atoms with Gasteiger partial charge in [0.25, 0.3) is 0 Å². The molecule has 1 aliphatic carbocycles. The molecule has 0 spiro atoms. The number of hydrogen-bond donors (Lipinski definition) is 0. The summed E-state index contributed by atoms with van der Waals surface area (Å²) in [5.41, 5.74) is 0.507. The molecule has 19 heavy (non-hydrogen) atoms. The van der Waals surface area contributed by atoms with E-state index in [4.69, 9.17) is 0 Å². The van der Waals surface area contributed by atoms with Crippen molar-refractivity contribution in [3.63, 3.8) is 0 Å². The van der Waals surface area contributed by atoms with Crippen molar-refractivity contribution in [2.45, 2.75) is 71.6 Å². The molecule has 0 N–H and O–H groups in total. The van der Waals surface area contributed by atoms with Crippen LogP contribution in [0.2, 0.25) is 0 Å². The van der Waals surface area contributed by atoms with Crippen LogP contribution >= 0.6 is 15.9 Å². The highest BCUT2D eigenvalue weighted by atomic mass is 79.9. The molecule has 0 radical (unpaired) electrons. The largest absolute Gasteiger partial charge is 0.306 e. The van der Waals surface area contributed by atoms with Gasteiger partial charge in [0, 0.05) is 18.4 Å². The smallest absolute Gasteiger partial charge is 0.0100 e. The summed E-state index contributed by atoms with van der Waals surface area (Å²) in [6.07, 6.45) is 12.7. The molecule has 1 nitrogen and oxygen atoms in total. The van der Waals surface area contributed by atoms with Crippen LogP contribution in [0.3, 0.4) is 0 Å². The van der Waals surface area contributed by atoms with Crippen LogP contribution in [-0.2, 0) is 0 Å². The molecule has 0 bridgehead atoms. The van der Waals surface area contributed by atoms with Gasteiger partial charge in [0.15, 0.2) is 0 Å². The zero-order chi connectivity index (χ0) is 14.1. The predicted molar refractivity (Wildman–Crippen MR) is 90.1 cm³/mol. The lowest BCUT2D eigenvalue weighted by Crippen LogP contribution is -2.39. The maximum atomic E-state index is 3.80. The molecular formula is C17H34BrN. The van der Waals surface area contributed by atoms with Crippen molar-refractivity contribution in [1.82, 2.24) is 4.90 Å². The van der Waals surface area contributed by atoms with E-state index < -0.39 is 0 Å². The fraction of sp³-hybridized carbons (Fsp3) is 1.00. The molecule has 0 aromatic heterocycles. The van der Waals surface area contributed by atoms with E-state index in [1.807, 2.05) is 0 Å². The Hall–Kier alpha value is 0.440. The van der Waals surface area contributed by atoms with Crippen molar-refractivity contribution >= 4 is 15.9 Å². The van der Waals surface area contributed by atoms with Crippen molar-refractivity contribution in [3.8, 4) is 0 Å². The molecule has 0 saturated heterocycles. The van der Waals surface area contributed by atoms with Crippen molar-refractivity contribution in [1.29, 1.82) is 0 Å². The SMILES string of the molecule is CCCC(CBr)(CCC)CN(C)CC1CCCCC1. The van der Waals surface area contributed by atoms with Crippen LogP contribution in [0.4, 0.5) is 0 Å². The van der Waals surface area contributed by atoms with Crippen molar-refractivity contribution in [3.05, 3.63) is 0 Å². The summed E-state index contributed by atoms with van der Waals surface area (Å²) in [6.45, 7) is 7.25. The van der Waals surface area contributed by atoms with E-state index in [-0.39, 0.29) is 0 Å². The summed E-state index contributed by atoms with van der Waals surface area (Å²) >= 11 is 3.80. The average molecular weight is 332 g/mol. The van der Waals surface area contributed by atoms with Crippen LogP contribution < -0.4 is 0 Å². The fourth-order valence-electron chi connectivity index (χ4n) is 3.97. The molecule has 1 aliphatic rings. The zero-order valence-corrected chi connectivity index (χ0v) is 15.0. The second kappa shape index (κ2) is 9.39. The third kappa shape index (κ3) is 6.16. The maximum Gasteiger partial charge on any atom is 0.0100 e. The van der Waals surface area contributed by atoms with Gasteiger partial charge in [-0.15, -0.1) is 0 Å². The molecule has 0 aliphatic heterocycles. The molecule has 2 heteroatoms. The van der Waals surface area contributed by atoms with Gasteiger partial charge >= 0.3 is 0 Å². The third-order valence-corrected chi connectivity index (χ3v) is 5.93. The second-order valence-corrected chi connectivity index (χ2v) is 7.40. The molecule has 0 heterocycles. The van der Waals surface area contributed by atoms with Gasteiger partial charge in [-0.3, -0.25) is 0 Å². The normalized spacial score (nSPS) is 18.2. The van der Waals surface area contributed by atoms with Gasteiger partial charge in [-0.1, -0.05) is 61.9 Å². The van der Waals surface area contributed by atoms with Crippen LogP contribution in [-0.4, -0.2) is 30.4 Å². The second-order valence-electron chi connectivity index (χ2n) is 6.83. The Kier molecular flexibility index (Phi) is 8.64. The van der Waals surface area contributed by atoms with Crippen LogP contribution in [0.25, 0.3) is 0 Å². The first-order valence-electron chi connectivity index (χ1n) is 8.40. The Morgan fingerprint density at radius 3 is 2.11 bits per heavy atom. The van der Waals surface area contributed by atoms with E-state index in [0.29, 0.717) is 5.41 Å². The summed E-state index contributed by atoms with van der Waals surface area (Å²) in [7, 11) is 2.34. The van der Waals surface area contributed by atoms with E-state index in [1.165, 1.54) is 70.9 Å². The predicted octanol–water partition coefficient (Wildman–Crippen LogP) is 5.48. The van der Waals surface area contributed by atoms with E-state index >= 15 is 0 Å². The highest BCUT2D eigenvalue weighted by molar-refractivity contribution is 9.09. The van der Waals surface area contributed by atoms with Crippen LogP contribution in [0.5, 0.6) is 0 Å².